The van der Waals surface area contributed by atoms with E-state index in [4.69, 9.17) is 7.85 Å². The van der Waals surface area contributed by atoms with E-state index >= 15 is 0 Å². The number of aliphatic hydroxyl groups is 1. The number of β-amino-alcohol motifs (C(OH)–C–C–N with tert-alkyl or cyclic N) is 1. The molecule has 12 heavy (non-hydrogen) atoms. The maximum Gasteiger partial charge on any atom is 0.214 e. The Bertz CT molecular complexity index is 174. The third-order valence-electron chi connectivity index (χ3n) is 2.36. The molecule has 0 aromatic carbocycles. The number of hydrogen-bond donors (Lipinski definition) is 1. The Hall–Kier alpha value is -0.505. The smallest absolute Gasteiger partial charge is 0.214 e. The molecule has 1 amide bonds. The summed E-state index contributed by atoms with van der Waals surface area (Å²) in [5.41, 5.74) is 0. The number of carbonyl (C=O) groups excluding carboxylic acids is 1. The highest BCUT2D eigenvalue weighted by atomic mass is 16.3. The second-order valence-corrected chi connectivity index (χ2v) is 3.20. The summed E-state index contributed by atoms with van der Waals surface area (Å²) < 4.78 is 0. The third-order valence-corrected chi connectivity index (χ3v) is 2.36. The van der Waals surface area contributed by atoms with Crippen LogP contribution in [0.3, 0.4) is 0 Å². The second kappa shape index (κ2) is 3.94. The number of aliphatic hydroxyl groups excluding tert-OH is 1. The molecule has 2 atom stereocenters. The van der Waals surface area contributed by atoms with E-state index in [9.17, 15) is 9.90 Å². The maximum atomic E-state index is 11.2. The molecule has 1 heterocycles. The predicted octanol–water partition coefficient (Wildman–Crippen LogP) is -0.0550. The molecule has 66 valence electrons. The zero-order valence-corrected chi connectivity index (χ0v) is 7.36. The predicted molar refractivity (Wildman–Crippen MR) is 47.0 cm³/mol. The molecule has 0 bridgehead atoms. The van der Waals surface area contributed by atoms with Crippen molar-refractivity contribution >= 4 is 13.8 Å². The van der Waals surface area contributed by atoms with Crippen molar-refractivity contribution in [3.63, 3.8) is 0 Å². The van der Waals surface area contributed by atoms with Crippen LogP contribution in [0.1, 0.15) is 19.8 Å². The number of likely N-dealkylation sites (tertiary alicyclic amines) is 1. The fraction of sp³-hybridized carbons (Fsp3) is 0.875. The molecule has 0 spiro atoms. The zero-order chi connectivity index (χ0) is 9.14. The van der Waals surface area contributed by atoms with E-state index in [1.165, 1.54) is 0 Å². The second-order valence-electron chi connectivity index (χ2n) is 3.20. The number of rotatable bonds is 2. The molecule has 2 radical (unpaired) electrons. The SMILES string of the molecule is [B]CC(=O)N1C[C@H](O)C[C@H]1CC. The summed E-state index contributed by atoms with van der Waals surface area (Å²) >= 11 is 0. The molecule has 1 aliphatic heterocycles. The van der Waals surface area contributed by atoms with Gasteiger partial charge in [0.15, 0.2) is 0 Å². The Balaban J connectivity index is 2.57. The molecule has 0 aliphatic carbocycles. The first-order chi connectivity index (χ1) is 5.69. The lowest BCUT2D eigenvalue weighted by Gasteiger charge is -2.22. The highest BCUT2D eigenvalue weighted by Crippen LogP contribution is 2.20. The minimum absolute atomic E-state index is 0.0449. The third kappa shape index (κ3) is 1.80. The van der Waals surface area contributed by atoms with Crippen molar-refractivity contribution in [2.75, 3.05) is 6.54 Å². The van der Waals surface area contributed by atoms with Gasteiger partial charge in [-0.15, -0.1) is 0 Å². The monoisotopic (exact) mass is 167 g/mol. The summed E-state index contributed by atoms with van der Waals surface area (Å²) in [5, 5.41) is 9.31. The van der Waals surface area contributed by atoms with E-state index in [0.29, 0.717) is 13.0 Å². The van der Waals surface area contributed by atoms with Gasteiger partial charge in [0.2, 0.25) is 5.91 Å². The van der Waals surface area contributed by atoms with Crippen LogP contribution in [0.5, 0.6) is 0 Å². The lowest BCUT2D eigenvalue weighted by molar-refractivity contribution is -0.129. The topological polar surface area (TPSA) is 40.5 Å². The molecule has 1 saturated heterocycles. The van der Waals surface area contributed by atoms with Gasteiger partial charge in [-0.2, -0.15) is 0 Å². The highest BCUT2D eigenvalue weighted by Gasteiger charge is 2.31. The lowest BCUT2D eigenvalue weighted by Crippen LogP contribution is -2.35. The number of nitrogens with zero attached hydrogens (tertiary/aromatic N) is 1. The molecule has 0 aromatic rings. The molecule has 0 unspecified atom stereocenters. The maximum absolute atomic E-state index is 11.2. The Morgan fingerprint density at radius 1 is 1.75 bits per heavy atom. The molecule has 1 aliphatic rings. The molecule has 0 saturated carbocycles. The van der Waals surface area contributed by atoms with Crippen LogP contribution < -0.4 is 0 Å². The Labute approximate surface area is 74.2 Å². The summed E-state index contributed by atoms with van der Waals surface area (Å²) in [5.74, 6) is -0.0570. The summed E-state index contributed by atoms with van der Waals surface area (Å²) in [6.45, 7) is 2.47. The quantitative estimate of drug-likeness (QED) is 0.585. The van der Waals surface area contributed by atoms with Gasteiger partial charge in [-0.05, 0) is 19.2 Å². The number of amides is 1. The molecular weight excluding hydrogens is 153 g/mol. The van der Waals surface area contributed by atoms with Crippen molar-refractivity contribution in [3.8, 4) is 0 Å². The van der Waals surface area contributed by atoms with E-state index in [1.807, 2.05) is 6.92 Å². The highest BCUT2D eigenvalue weighted by molar-refractivity contribution is 6.19. The largest absolute Gasteiger partial charge is 0.391 e. The van der Waals surface area contributed by atoms with Gasteiger partial charge >= 0.3 is 0 Å². The van der Waals surface area contributed by atoms with Gasteiger partial charge in [-0.25, -0.2) is 0 Å². The van der Waals surface area contributed by atoms with Crippen LogP contribution in [0, 0.1) is 0 Å². The molecule has 0 aromatic heterocycles. The first-order valence-electron chi connectivity index (χ1n) is 4.36. The van der Waals surface area contributed by atoms with E-state index < -0.39 is 0 Å². The Morgan fingerprint density at radius 3 is 2.92 bits per heavy atom. The van der Waals surface area contributed by atoms with Crippen molar-refractivity contribution in [2.24, 2.45) is 0 Å². The van der Waals surface area contributed by atoms with Crippen molar-refractivity contribution in [1.29, 1.82) is 0 Å². The van der Waals surface area contributed by atoms with E-state index in [2.05, 4.69) is 0 Å². The van der Waals surface area contributed by atoms with Crippen molar-refractivity contribution in [2.45, 2.75) is 38.2 Å². The normalized spacial score (nSPS) is 29.3. The standard InChI is InChI=1S/C8H14BNO2/c1-2-6-3-7(11)5-10(6)8(12)4-9/h6-7,11H,2-5H2,1H3/t6-,7-/m1/s1. The van der Waals surface area contributed by atoms with Crippen LogP contribution in [0.25, 0.3) is 0 Å². The van der Waals surface area contributed by atoms with E-state index in [1.54, 1.807) is 4.90 Å². The molecular formula is C8H14BNO2. The van der Waals surface area contributed by atoms with Crippen LogP contribution in [0.2, 0.25) is 6.32 Å². The summed E-state index contributed by atoms with van der Waals surface area (Å²) in [7, 11) is 5.24. The van der Waals surface area contributed by atoms with Gasteiger partial charge in [0.25, 0.3) is 0 Å². The number of carbonyl (C=O) groups is 1. The average molecular weight is 167 g/mol. The van der Waals surface area contributed by atoms with Crippen LogP contribution in [0.15, 0.2) is 0 Å². The van der Waals surface area contributed by atoms with E-state index in [-0.39, 0.29) is 24.4 Å². The summed E-state index contributed by atoms with van der Waals surface area (Å²) in [4.78, 5) is 12.9. The summed E-state index contributed by atoms with van der Waals surface area (Å²) in [6.07, 6.45) is 1.28. The first-order valence-corrected chi connectivity index (χ1v) is 4.36. The van der Waals surface area contributed by atoms with Gasteiger partial charge in [-0.3, -0.25) is 4.79 Å². The fourth-order valence-corrected chi connectivity index (χ4v) is 1.70. The lowest BCUT2D eigenvalue weighted by atomic mass is 10.0. The van der Waals surface area contributed by atoms with Gasteiger partial charge < -0.3 is 10.0 Å². The van der Waals surface area contributed by atoms with E-state index in [0.717, 1.165) is 6.42 Å². The van der Waals surface area contributed by atoms with Crippen LogP contribution in [-0.2, 0) is 4.79 Å². The van der Waals surface area contributed by atoms with Gasteiger partial charge in [0.05, 0.1) is 14.0 Å². The van der Waals surface area contributed by atoms with Crippen LogP contribution >= 0.6 is 0 Å². The molecule has 4 heteroatoms. The van der Waals surface area contributed by atoms with Crippen LogP contribution in [0.4, 0.5) is 0 Å². The Morgan fingerprint density at radius 2 is 2.42 bits per heavy atom. The first kappa shape index (κ1) is 9.58. The zero-order valence-electron chi connectivity index (χ0n) is 7.36. The Kier molecular flexibility index (Phi) is 3.15. The molecule has 3 nitrogen and oxygen atoms in total. The minimum Gasteiger partial charge on any atom is -0.391 e. The van der Waals surface area contributed by atoms with Gasteiger partial charge in [0.1, 0.15) is 0 Å². The van der Waals surface area contributed by atoms with Crippen molar-refractivity contribution < 1.29 is 9.90 Å². The van der Waals surface area contributed by atoms with Gasteiger partial charge in [0, 0.05) is 12.6 Å². The van der Waals surface area contributed by atoms with Crippen molar-refractivity contribution in [3.05, 3.63) is 0 Å². The summed E-state index contributed by atoms with van der Waals surface area (Å²) in [6, 6.07) is 0.191. The number of hydrogen-bond acceptors (Lipinski definition) is 2. The molecule has 1 rings (SSSR count). The van der Waals surface area contributed by atoms with Crippen molar-refractivity contribution in [1.82, 2.24) is 4.90 Å². The molecule has 1 fully saturated rings. The van der Waals surface area contributed by atoms with Crippen LogP contribution in [-0.4, -0.2) is 42.5 Å². The molecule has 1 N–H and O–H groups in total. The van der Waals surface area contributed by atoms with Gasteiger partial charge in [-0.1, -0.05) is 6.92 Å². The fourth-order valence-electron chi connectivity index (χ4n) is 1.70. The average Bonchev–Trinajstić information content (AvgIpc) is 2.45. The minimum atomic E-state index is -0.356.